The van der Waals surface area contributed by atoms with E-state index in [0.717, 1.165) is 5.56 Å². The van der Waals surface area contributed by atoms with Crippen LogP contribution in [-0.4, -0.2) is 38.8 Å². The van der Waals surface area contributed by atoms with Gasteiger partial charge in [0.25, 0.3) is 0 Å². The average molecular weight is 360 g/mol. The van der Waals surface area contributed by atoms with Gasteiger partial charge >= 0.3 is 12.1 Å². The number of ether oxygens (including phenoxy) is 1. The predicted octanol–water partition coefficient (Wildman–Crippen LogP) is 1.29. The molecule has 1 heterocycles. The number of carbonyl (C=O) groups is 3. The third kappa shape index (κ3) is 5.62. The number of nitrogens with zero attached hydrogens (tertiary/aromatic N) is 2. The molecule has 0 fully saturated rings. The van der Waals surface area contributed by atoms with E-state index in [1.165, 1.54) is 17.2 Å². The topological polar surface area (TPSA) is 123 Å². The number of hydrogen-bond donors (Lipinski definition) is 3. The van der Waals surface area contributed by atoms with Crippen molar-refractivity contribution in [2.45, 2.75) is 32.4 Å². The molecule has 3 N–H and O–H groups in total. The summed E-state index contributed by atoms with van der Waals surface area (Å²) in [6.07, 6.45) is 2.15. The molecule has 0 aliphatic carbocycles. The minimum Gasteiger partial charge on any atom is -0.480 e. The lowest BCUT2D eigenvalue weighted by atomic mass is 10.1. The zero-order valence-electron chi connectivity index (χ0n) is 14.2. The number of nitrogens with one attached hydrogen (secondary N) is 2. The third-order valence-corrected chi connectivity index (χ3v) is 3.51. The van der Waals surface area contributed by atoms with Crippen LogP contribution in [0.3, 0.4) is 0 Å². The van der Waals surface area contributed by atoms with Crippen LogP contribution in [-0.2, 0) is 27.4 Å². The van der Waals surface area contributed by atoms with Crippen molar-refractivity contribution in [1.29, 1.82) is 0 Å². The number of hydrogen-bond acceptors (Lipinski definition) is 5. The maximum atomic E-state index is 11.9. The highest BCUT2D eigenvalue weighted by atomic mass is 16.6. The van der Waals surface area contributed by atoms with Crippen molar-refractivity contribution in [1.82, 2.24) is 15.0 Å². The minimum absolute atomic E-state index is 0.0416. The molecule has 1 atom stereocenters. The standard InChI is InChI=1S/C17H20N4O5/c1-2-15(22)19-14(16(23)24)8-13-9-18-11-21(13)20-17(25)26-10-12-6-4-3-5-7-12/h3-7,9,11,14H,2,8,10H2,1H3,(H,19,22)(H,20,25)(H,23,24)/t14-/m0/s1. The van der Waals surface area contributed by atoms with Crippen LogP contribution in [0.25, 0.3) is 0 Å². The first-order valence-corrected chi connectivity index (χ1v) is 8.00. The van der Waals surface area contributed by atoms with E-state index in [9.17, 15) is 19.5 Å². The van der Waals surface area contributed by atoms with Crippen molar-refractivity contribution in [3.63, 3.8) is 0 Å². The van der Waals surface area contributed by atoms with Crippen LogP contribution in [0.15, 0.2) is 42.9 Å². The Morgan fingerprint density at radius 2 is 2.00 bits per heavy atom. The summed E-state index contributed by atoms with van der Waals surface area (Å²) in [6.45, 7) is 1.73. The molecule has 0 aliphatic rings. The Hall–Kier alpha value is -3.36. The van der Waals surface area contributed by atoms with Gasteiger partial charge in [-0.25, -0.2) is 24.7 Å². The Morgan fingerprint density at radius 3 is 2.65 bits per heavy atom. The van der Waals surface area contributed by atoms with E-state index < -0.39 is 18.1 Å². The van der Waals surface area contributed by atoms with Crippen molar-refractivity contribution >= 4 is 18.0 Å². The number of rotatable bonds is 8. The molecule has 0 spiro atoms. The highest BCUT2D eigenvalue weighted by Crippen LogP contribution is 2.05. The molecule has 0 aliphatic heterocycles. The zero-order valence-corrected chi connectivity index (χ0v) is 14.2. The number of benzene rings is 1. The van der Waals surface area contributed by atoms with E-state index >= 15 is 0 Å². The third-order valence-electron chi connectivity index (χ3n) is 3.51. The lowest BCUT2D eigenvalue weighted by Gasteiger charge is -2.15. The summed E-state index contributed by atoms with van der Waals surface area (Å²) >= 11 is 0. The number of carboxylic acids is 1. The lowest BCUT2D eigenvalue weighted by molar-refractivity contribution is -0.141. The molecule has 26 heavy (non-hydrogen) atoms. The normalized spacial score (nSPS) is 11.4. The van der Waals surface area contributed by atoms with Crippen LogP contribution < -0.4 is 10.7 Å². The van der Waals surface area contributed by atoms with Crippen LogP contribution in [0, 0.1) is 0 Å². The molecule has 1 aromatic heterocycles. The molecule has 9 nitrogen and oxygen atoms in total. The van der Waals surface area contributed by atoms with Gasteiger partial charge in [-0.15, -0.1) is 0 Å². The summed E-state index contributed by atoms with van der Waals surface area (Å²) in [5.41, 5.74) is 3.70. The van der Waals surface area contributed by atoms with Crippen LogP contribution >= 0.6 is 0 Å². The van der Waals surface area contributed by atoms with E-state index in [2.05, 4.69) is 15.7 Å². The Labute approximate surface area is 150 Å². The molecule has 0 saturated carbocycles. The van der Waals surface area contributed by atoms with Gasteiger partial charge in [0.05, 0.1) is 11.9 Å². The first-order valence-electron chi connectivity index (χ1n) is 8.00. The minimum atomic E-state index is -1.17. The molecule has 9 heteroatoms. The molecule has 2 amide bonds. The van der Waals surface area contributed by atoms with Gasteiger partial charge in [0, 0.05) is 12.8 Å². The van der Waals surface area contributed by atoms with E-state index in [0.29, 0.717) is 5.69 Å². The Morgan fingerprint density at radius 1 is 1.27 bits per heavy atom. The molecule has 2 rings (SSSR count). The number of amides is 2. The summed E-state index contributed by atoms with van der Waals surface area (Å²) in [5.74, 6) is -1.55. The number of carbonyl (C=O) groups excluding carboxylic acids is 2. The Bertz CT molecular complexity index is 760. The second-order valence-corrected chi connectivity index (χ2v) is 5.44. The summed E-state index contributed by atoms with van der Waals surface area (Å²) < 4.78 is 6.37. The van der Waals surface area contributed by atoms with Crippen LogP contribution in [0.4, 0.5) is 4.79 Å². The average Bonchev–Trinajstić information content (AvgIpc) is 3.06. The van der Waals surface area contributed by atoms with Crippen LogP contribution in [0.2, 0.25) is 0 Å². The molecular formula is C17H20N4O5. The lowest BCUT2D eigenvalue weighted by Crippen LogP contribution is -2.42. The largest absolute Gasteiger partial charge is 0.480 e. The van der Waals surface area contributed by atoms with Gasteiger partial charge in [-0.05, 0) is 5.56 Å². The molecule has 0 bridgehead atoms. The second kappa shape index (κ2) is 9.21. The smallest absolute Gasteiger partial charge is 0.426 e. The van der Waals surface area contributed by atoms with Gasteiger partial charge in [-0.2, -0.15) is 0 Å². The summed E-state index contributed by atoms with van der Waals surface area (Å²) in [6, 6.07) is 8.05. The second-order valence-electron chi connectivity index (χ2n) is 5.44. The first kappa shape index (κ1) is 19.0. The maximum absolute atomic E-state index is 11.9. The van der Waals surface area contributed by atoms with Crippen LogP contribution in [0.1, 0.15) is 24.6 Å². The molecule has 2 aromatic rings. The van der Waals surface area contributed by atoms with E-state index in [1.807, 2.05) is 30.3 Å². The zero-order chi connectivity index (χ0) is 18.9. The molecule has 0 saturated heterocycles. The molecular weight excluding hydrogens is 340 g/mol. The van der Waals surface area contributed by atoms with Gasteiger partial charge in [0.15, 0.2) is 0 Å². The number of aromatic nitrogens is 2. The monoisotopic (exact) mass is 360 g/mol. The van der Waals surface area contributed by atoms with E-state index in [-0.39, 0.29) is 25.4 Å². The van der Waals surface area contributed by atoms with Crippen molar-refractivity contribution < 1.29 is 24.2 Å². The Balaban J connectivity index is 1.95. The van der Waals surface area contributed by atoms with E-state index in [4.69, 9.17) is 4.74 Å². The summed E-state index contributed by atoms with van der Waals surface area (Å²) in [5, 5.41) is 11.7. The van der Waals surface area contributed by atoms with E-state index in [1.54, 1.807) is 6.92 Å². The molecule has 138 valence electrons. The summed E-state index contributed by atoms with van der Waals surface area (Å²) in [7, 11) is 0. The predicted molar refractivity (Wildman–Crippen MR) is 91.8 cm³/mol. The molecule has 0 unspecified atom stereocenters. The van der Waals surface area contributed by atoms with Crippen molar-refractivity contribution in [2.24, 2.45) is 0 Å². The van der Waals surface area contributed by atoms with Crippen molar-refractivity contribution in [3.8, 4) is 0 Å². The van der Waals surface area contributed by atoms with Gasteiger partial charge < -0.3 is 15.2 Å². The Kier molecular flexibility index (Phi) is 6.72. The summed E-state index contributed by atoms with van der Waals surface area (Å²) in [4.78, 5) is 38.6. The van der Waals surface area contributed by atoms with Crippen LogP contribution in [0.5, 0.6) is 0 Å². The SMILES string of the molecule is CCC(=O)N[C@@H](Cc1cncn1NC(=O)OCc1ccccc1)C(=O)O. The first-order chi connectivity index (χ1) is 12.5. The van der Waals surface area contributed by atoms with Crippen molar-refractivity contribution in [2.75, 3.05) is 5.43 Å². The number of aliphatic carboxylic acids is 1. The highest BCUT2D eigenvalue weighted by molar-refractivity contribution is 5.83. The molecule has 0 radical (unpaired) electrons. The van der Waals surface area contributed by atoms with Gasteiger partial charge in [0.1, 0.15) is 19.0 Å². The number of carboxylic acid groups (broad SMARTS) is 1. The quantitative estimate of drug-likeness (QED) is 0.652. The molecule has 1 aromatic carbocycles. The fraction of sp³-hybridized carbons (Fsp3) is 0.294. The maximum Gasteiger partial charge on any atom is 0.426 e. The van der Waals surface area contributed by atoms with Gasteiger partial charge in [-0.3, -0.25) is 4.79 Å². The number of imidazole rings is 1. The highest BCUT2D eigenvalue weighted by Gasteiger charge is 2.22. The fourth-order valence-corrected chi connectivity index (χ4v) is 2.13. The van der Waals surface area contributed by atoms with Crippen molar-refractivity contribution in [3.05, 3.63) is 54.1 Å². The van der Waals surface area contributed by atoms with Gasteiger partial charge in [0.2, 0.25) is 5.91 Å². The fourth-order valence-electron chi connectivity index (χ4n) is 2.13. The van der Waals surface area contributed by atoms with Gasteiger partial charge in [-0.1, -0.05) is 37.3 Å².